The van der Waals surface area contributed by atoms with Crippen molar-refractivity contribution in [3.05, 3.63) is 77.4 Å². The van der Waals surface area contributed by atoms with Gasteiger partial charge in [0.2, 0.25) is 0 Å². The van der Waals surface area contributed by atoms with E-state index >= 15 is 0 Å². The Labute approximate surface area is 140 Å². The van der Waals surface area contributed by atoms with E-state index in [1.54, 1.807) is 13.2 Å². The number of phenolic OH excluding ortho intramolecular Hbond substituents is 1. The molecule has 0 spiro atoms. The van der Waals surface area contributed by atoms with E-state index < -0.39 is 12.1 Å². The van der Waals surface area contributed by atoms with E-state index in [1.807, 2.05) is 54.6 Å². The van der Waals surface area contributed by atoms with E-state index in [0.29, 0.717) is 5.56 Å². The first kappa shape index (κ1) is 16.0. The minimum absolute atomic E-state index is 0.115. The van der Waals surface area contributed by atoms with Crippen LogP contribution in [0.2, 0.25) is 0 Å². The van der Waals surface area contributed by atoms with Crippen LogP contribution in [-0.2, 0) is 9.47 Å². The maximum Gasteiger partial charge on any atom is 0.341 e. The molecule has 0 amide bonds. The summed E-state index contributed by atoms with van der Waals surface area (Å²) >= 11 is 0. The summed E-state index contributed by atoms with van der Waals surface area (Å²) < 4.78 is 10.5. The Bertz CT molecular complexity index is 871. The zero-order valence-corrected chi connectivity index (χ0v) is 13.5. The van der Waals surface area contributed by atoms with Crippen molar-refractivity contribution in [2.45, 2.75) is 6.10 Å². The molecule has 0 radical (unpaired) electrons. The smallest absolute Gasteiger partial charge is 0.341 e. The first-order chi connectivity index (χ1) is 11.7. The van der Waals surface area contributed by atoms with Gasteiger partial charge in [-0.25, -0.2) is 4.79 Å². The van der Waals surface area contributed by atoms with Crippen LogP contribution in [0.5, 0.6) is 5.75 Å². The second-order valence-corrected chi connectivity index (χ2v) is 5.43. The highest BCUT2D eigenvalue weighted by Crippen LogP contribution is 2.40. The monoisotopic (exact) mass is 322 g/mol. The highest BCUT2D eigenvalue weighted by molar-refractivity contribution is 6.00. The van der Waals surface area contributed by atoms with Gasteiger partial charge in [-0.05, 0) is 22.4 Å². The molecular weight excluding hydrogens is 304 g/mol. The van der Waals surface area contributed by atoms with Gasteiger partial charge in [0.15, 0.2) is 0 Å². The molecule has 0 aliphatic heterocycles. The third-order valence-electron chi connectivity index (χ3n) is 4.07. The largest absolute Gasteiger partial charge is 0.507 e. The third kappa shape index (κ3) is 2.72. The molecule has 0 aliphatic rings. The lowest BCUT2D eigenvalue weighted by Crippen LogP contribution is -2.09. The van der Waals surface area contributed by atoms with Crippen LogP contribution in [0.3, 0.4) is 0 Å². The molecule has 4 nitrogen and oxygen atoms in total. The summed E-state index contributed by atoms with van der Waals surface area (Å²) in [6, 6.07) is 18.8. The predicted octanol–water partition coefficient (Wildman–Crippen LogP) is 4.07. The second kappa shape index (κ2) is 6.72. The van der Waals surface area contributed by atoms with Crippen molar-refractivity contribution in [2.24, 2.45) is 0 Å². The van der Waals surface area contributed by atoms with Gasteiger partial charge in [-0.15, -0.1) is 0 Å². The van der Waals surface area contributed by atoms with Gasteiger partial charge in [0.05, 0.1) is 7.11 Å². The van der Waals surface area contributed by atoms with Crippen molar-refractivity contribution < 1.29 is 19.4 Å². The summed E-state index contributed by atoms with van der Waals surface area (Å²) in [4.78, 5) is 12.1. The number of fused-ring (bicyclic) bond motifs is 1. The molecular formula is C20H18O4. The van der Waals surface area contributed by atoms with Gasteiger partial charge in [0, 0.05) is 12.7 Å². The number of rotatable bonds is 4. The molecule has 0 fully saturated rings. The fourth-order valence-corrected chi connectivity index (χ4v) is 2.94. The zero-order chi connectivity index (χ0) is 17.1. The van der Waals surface area contributed by atoms with E-state index in [4.69, 9.17) is 9.47 Å². The van der Waals surface area contributed by atoms with E-state index in [1.165, 1.54) is 7.11 Å². The second-order valence-electron chi connectivity index (χ2n) is 5.43. The summed E-state index contributed by atoms with van der Waals surface area (Å²) in [5, 5.41) is 12.4. The van der Waals surface area contributed by atoms with Crippen LogP contribution in [0.4, 0.5) is 0 Å². The molecule has 1 N–H and O–H groups in total. The Kier molecular flexibility index (Phi) is 4.49. The van der Waals surface area contributed by atoms with Gasteiger partial charge in [-0.2, -0.15) is 0 Å². The highest BCUT2D eigenvalue weighted by atomic mass is 16.5. The van der Waals surface area contributed by atoms with Crippen LogP contribution in [0.25, 0.3) is 10.8 Å². The van der Waals surface area contributed by atoms with E-state index in [9.17, 15) is 9.90 Å². The van der Waals surface area contributed by atoms with Gasteiger partial charge >= 0.3 is 5.97 Å². The van der Waals surface area contributed by atoms with Gasteiger partial charge in [-0.1, -0.05) is 54.6 Å². The van der Waals surface area contributed by atoms with Gasteiger partial charge < -0.3 is 14.6 Å². The van der Waals surface area contributed by atoms with Crippen LogP contribution in [-0.4, -0.2) is 25.3 Å². The molecule has 4 heteroatoms. The molecule has 0 saturated heterocycles. The molecule has 3 rings (SSSR count). The molecule has 0 heterocycles. The van der Waals surface area contributed by atoms with Crippen molar-refractivity contribution in [1.82, 2.24) is 0 Å². The number of phenols is 1. The van der Waals surface area contributed by atoms with Gasteiger partial charge in [0.25, 0.3) is 0 Å². The standard InChI is InChI=1S/C20H18O4/c1-23-19(13-8-4-3-5-9-13)17-15-11-7-6-10-14(15)12-16(18(17)21)20(22)24-2/h3-12,19,21H,1-2H3. The number of carbonyl (C=O) groups is 1. The van der Waals surface area contributed by atoms with Gasteiger partial charge in [0.1, 0.15) is 17.4 Å². The number of methoxy groups -OCH3 is 2. The molecule has 1 atom stereocenters. The predicted molar refractivity (Wildman–Crippen MR) is 92.2 cm³/mol. The molecule has 0 bridgehead atoms. The summed E-state index contributed by atoms with van der Waals surface area (Å²) in [5.74, 6) is -0.696. The van der Waals surface area contributed by atoms with E-state index in [2.05, 4.69) is 0 Å². The fourth-order valence-electron chi connectivity index (χ4n) is 2.94. The lowest BCUT2D eigenvalue weighted by Gasteiger charge is -2.21. The lowest BCUT2D eigenvalue weighted by atomic mass is 9.92. The number of carbonyl (C=O) groups excluding carboxylic acids is 1. The first-order valence-electron chi connectivity index (χ1n) is 7.58. The minimum Gasteiger partial charge on any atom is -0.507 e. The van der Waals surface area contributed by atoms with Crippen molar-refractivity contribution in [3.63, 3.8) is 0 Å². The molecule has 24 heavy (non-hydrogen) atoms. The van der Waals surface area contributed by atoms with Crippen molar-refractivity contribution in [3.8, 4) is 5.75 Å². The summed E-state index contributed by atoms with van der Waals surface area (Å²) in [6.45, 7) is 0. The molecule has 122 valence electrons. The fraction of sp³-hybridized carbons (Fsp3) is 0.150. The zero-order valence-electron chi connectivity index (χ0n) is 13.5. The number of esters is 1. The first-order valence-corrected chi connectivity index (χ1v) is 7.58. The van der Waals surface area contributed by atoms with Crippen LogP contribution >= 0.6 is 0 Å². The maximum absolute atomic E-state index is 12.1. The van der Waals surface area contributed by atoms with Gasteiger partial charge in [-0.3, -0.25) is 0 Å². The van der Waals surface area contributed by atoms with Crippen LogP contribution < -0.4 is 0 Å². The Morgan fingerprint density at radius 1 is 1.00 bits per heavy atom. The Hall–Kier alpha value is -2.85. The molecule has 3 aromatic rings. The maximum atomic E-state index is 12.1. The normalized spacial score (nSPS) is 12.1. The number of benzene rings is 3. The number of aromatic hydroxyl groups is 1. The highest BCUT2D eigenvalue weighted by Gasteiger charge is 2.25. The average molecular weight is 322 g/mol. The summed E-state index contributed by atoms with van der Waals surface area (Å²) in [5.41, 5.74) is 1.58. The molecule has 1 unspecified atom stereocenters. The summed E-state index contributed by atoms with van der Waals surface area (Å²) in [6.07, 6.45) is -0.499. The number of ether oxygens (including phenoxy) is 2. The number of hydrogen-bond acceptors (Lipinski definition) is 4. The Morgan fingerprint density at radius 2 is 1.67 bits per heavy atom. The average Bonchev–Trinajstić information content (AvgIpc) is 2.64. The van der Waals surface area contributed by atoms with Crippen LogP contribution in [0.15, 0.2) is 60.7 Å². The molecule has 3 aromatic carbocycles. The van der Waals surface area contributed by atoms with Crippen LogP contribution in [0.1, 0.15) is 27.6 Å². The van der Waals surface area contributed by atoms with Crippen molar-refractivity contribution in [2.75, 3.05) is 14.2 Å². The summed E-state index contributed by atoms with van der Waals surface area (Å²) in [7, 11) is 2.87. The van der Waals surface area contributed by atoms with Crippen molar-refractivity contribution in [1.29, 1.82) is 0 Å². The number of hydrogen-bond donors (Lipinski definition) is 1. The topological polar surface area (TPSA) is 55.8 Å². The quantitative estimate of drug-likeness (QED) is 0.736. The molecule has 0 aliphatic carbocycles. The third-order valence-corrected chi connectivity index (χ3v) is 4.07. The van der Waals surface area contributed by atoms with E-state index in [-0.39, 0.29) is 11.3 Å². The lowest BCUT2D eigenvalue weighted by molar-refractivity contribution is 0.0596. The SMILES string of the molecule is COC(=O)c1cc2ccccc2c(C(OC)c2ccccc2)c1O. The molecule has 0 saturated carbocycles. The van der Waals surface area contributed by atoms with E-state index in [0.717, 1.165) is 16.3 Å². The van der Waals surface area contributed by atoms with Crippen molar-refractivity contribution >= 4 is 16.7 Å². The minimum atomic E-state index is -0.581. The van der Waals surface area contributed by atoms with Crippen LogP contribution in [0, 0.1) is 0 Å². The molecule has 0 aromatic heterocycles. The Morgan fingerprint density at radius 3 is 2.33 bits per heavy atom. The Balaban J connectivity index is 2.32.